The fourth-order valence-corrected chi connectivity index (χ4v) is 4.43. The van der Waals surface area contributed by atoms with Crippen LogP contribution in [-0.2, 0) is 9.84 Å². The number of sulfone groups is 1. The SMILES string of the molecule is CNC(C)c1ccc(SCCS(C)(=O)=O)cc1Br. The molecule has 102 valence electrons. The van der Waals surface area contributed by atoms with E-state index < -0.39 is 9.84 Å². The van der Waals surface area contributed by atoms with E-state index in [1.165, 1.54) is 11.8 Å². The van der Waals surface area contributed by atoms with Crippen LogP contribution in [0, 0.1) is 0 Å². The molecule has 0 aromatic heterocycles. The summed E-state index contributed by atoms with van der Waals surface area (Å²) in [5, 5.41) is 3.19. The molecule has 0 radical (unpaired) electrons. The molecule has 0 fully saturated rings. The van der Waals surface area contributed by atoms with Crippen molar-refractivity contribution in [3.8, 4) is 0 Å². The maximum absolute atomic E-state index is 11.0. The summed E-state index contributed by atoms with van der Waals surface area (Å²) in [6.07, 6.45) is 1.27. The van der Waals surface area contributed by atoms with E-state index in [1.807, 2.05) is 19.2 Å². The number of halogens is 1. The Morgan fingerprint density at radius 3 is 2.61 bits per heavy atom. The molecule has 0 aliphatic rings. The highest BCUT2D eigenvalue weighted by molar-refractivity contribution is 9.10. The number of hydrogen-bond acceptors (Lipinski definition) is 4. The summed E-state index contributed by atoms with van der Waals surface area (Å²) in [7, 11) is -0.950. The number of nitrogens with one attached hydrogen (secondary N) is 1. The summed E-state index contributed by atoms with van der Waals surface area (Å²) in [4.78, 5) is 1.08. The van der Waals surface area contributed by atoms with E-state index in [1.54, 1.807) is 11.8 Å². The predicted molar refractivity (Wildman–Crippen MR) is 82.1 cm³/mol. The van der Waals surface area contributed by atoms with Gasteiger partial charge in [-0.15, -0.1) is 11.8 Å². The first kappa shape index (κ1) is 16.0. The van der Waals surface area contributed by atoms with Gasteiger partial charge in [0.1, 0.15) is 9.84 Å². The van der Waals surface area contributed by atoms with Gasteiger partial charge in [-0.3, -0.25) is 0 Å². The molecular formula is C12H18BrNO2S2. The molecule has 1 aromatic carbocycles. The van der Waals surface area contributed by atoms with Crippen LogP contribution in [0.25, 0.3) is 0 Å². The van der Waals surface area contributed by atoms with E-state index in [2.05, 4.69) is 34.2 Å². The second kappa shape index (κ2) is 6.93. The van der Waals surface area contributed by atoms with E-state index in [-0.39, 0.29) is 11.8 Å². The normalized spacial score (nSPS) is 13.6. The monoisotopic (exact) mass is 351 g/mol. The Morgan fingerprint density at radius 2 is 2.11 bits per heavy atom. The van der Waals surface area contributed by atoms with Gasteiger partial charge in [-0.25, -0.2) is 8.42 Å². The summed E-state index contributed by atoms with van der Waals surface area (Å²) in [6, 6.07) is 6.42. The third-order valence-electron chi connectivity index (χ3n) is 2.59. The van der Waals surface area contributed by atoms with Gasteiger partial charge in [0, 0.05) is 27.4 Å². The maximum Gasteiger partial charge on any atom is 0.148 e. The quantitative estimate of drug-likeness (QED) is 0.800. The van der Waals surface area contributed by atoms with E-state index in [9.17, 15) is 8.42 Å². The summed E-state index contributed by atoms with van der Waals surface area (Å²) in [5.41, 5.74) is 1.20. The zero-order valence-corrected chi connectivity index (χ0v) is 14.0. The Morgan fingerprint density at radius 1 is 1.44 bits per heavy atom. The molecule has 0 aliphatic heterocycles. The number of thioether (sulfide) groups is 1. The molecule has 18 heavy (non-hydrogen) atoms. The third-order valence-corrected chi connectivity index (χ3v) is 5.48. The van der Waals surface area contributed by atoms with Gasteiger partial charge in [-0.2, -0.15) is 0 Å². The molecule has 1 aromatic rings. The van der Waals surface area contributed by atoms with Crippen LogP contribution in [0.5, 0.6) is 0 Å². The van der Waals surface area contributed by atoms with Crippen molar-refractivity contribution in [3.05, 3.63) is 28.2 Å². The predicted octanol–water partition coefficient (Wildman–Crippen LogP) is 2.87. The molecule has 6 heteroatoms. The van der Waals surface area contributed by atoms with Gasteiger partial charge in [0.05, 0.1) is 5.75 Å². The van der Waals surface area contributed by atoms with Crippen LogP contribution in [0.1, 0.15) is 18.5 Å². The van der Waals surface area contributed by atoms with Crippen molar-refractivity contribution in [3.63, 3.8) is 0 Å². The van der Waals surface area contributed by atoms with Gasteiger partial charge in [0.2, 0.25) is 0 Å². The molecular weight excluding hydrogens is 334 g/mol. The molecule has 1 unspecified atom stereocenters. The van der Waals surface area contributed by atoms with Gasteiger partial charge in [0.15, 0.2) is 0 Å². The number of hydrogen-bond donors (Lipinski definition) is 1. The Hall–Kier alpha value is -0.0400. The average molecular weight is 352 g/mol. The van der Waals surface area contributed by atoms with Crippen LogP contribution in [-0.4, -0.2) is 33.2 Å². The highest BCUT2D eigenvalue weighted by Gasteiger charge is 2.08. The summed E-state index contributed by atoms with van der Waals surface area (Å²) in [5.74, 6) is 0.802. The molecule has 0 amide bonds. The van der Waals surface area contributed by atoms with Crippen LogP contribution in [0.4, 0.5) is 0 Å². The lowest BCUT2D eigenvalue weighted by Crippen LogP contribution is -2.12. The Bertz CT molecular complexity index is 503. The smallest absolute Gasteiger partial charge is 0.148 e. The second-order valence-electron chi connectivity index (χ2n) is 4.17. The number of benzene rings is 1. The molecule has 0 heterocycles. The average Bonchev–Trinajstić information content (AvgIpc) is 2.26. The zero-order valence-electron chi connectivity index (χ0n) is 10.7. The molecule has 0 aliphatic carbocycles. The van der Waals surface area contributed by atoms with Crippen molar-refractivity contribution in [2.75, 3.05) is 24.8 Å². The molecule has 0 bridgehead atoms. The van der Waals surface area contributed by atoms with Crippen molar-refractivity contribution >= 4 is 37.5 Å². The van der Waals surface area contributed by atoms with E-state index >= 15 is 0 Å². The van der Waals surface area contributed by atoms with Crippen molar-refractivity contribution < 1.29 is 8.42 Å². The first-order chi connectivity index (χ1) is 8.33. The highest BCUT2D eigenvalue weighted by atomic mass is 79.9. The van der Waals surface area contributed by atoms with Crippen LogP contribution in [0.3, 0.4) is 0 Å². The van der Waals surface area contributed by atoms with E-state index in [0.717, 1.165) is 9.37 Å². The standard InChI is InChI=1S/C12H18BrNO2S2/c1-9(14-2)11-5-4-10(8-12(11)13)17-6-7-18(3,15)16/h4-5,8-9,14H,6-7H2,1-3H3. The highest BCUT2D eigenvalue weighted by Crippen LogP contribution is 2.28. The zero-order chi connectivity index (χ0) is 13.8. The lowest BCUT2D eigenvalue weighted by molar-refractivity contribution is 0.603. The Kier molecular flexibility index (Phi) is 6.17. The lowest BCUT2D eigenvalue weighted by Gasteiger charge is -2.13. The lowest BCUT2D eigenvalue weighted by atomic mass is 10.1. The van der Waals surface area contributed by atoms with E-state index in [4.69, 9.17) is 0 Å². The van der Waals surface area contributed by atoms with Crippen LogP contribution in [0.15, 0.2) is 27.6 Å². The van der Waals surface area contributed by atoms with Gasteiger partial charge < -0.3 is 5.32 Å². The fraction of sp³-hybridized carbons (Fsp3) is 0.500. The minimum absolute atomic E-state index is 0.212. The Labute approximate surface area is 122 Å². The fourth-order valence-electron chi connectivity index (χ4n) is 1.42. The largest absolute Gasteiger partial charge is 0.313 e. The first-order valence-corrected chi connectivity index (χ1v) is 9.44. The maximum atomic E-state index is 11.0. The first-order valence-electron chi connectivity index (χ1n) is 5.60. The summed E-state index contributed by atoms with van der Waals surface area (Å²) >= 11 is 5.11. The molecule has 1 atom stereocenters. The molecule has 1 N–H and O–H groups in total. The topological polar surface area (TPSA) is 46.2 Å². The number of rotatable bonds is 6. The van der Waals surface area contributed by atoms with Crippen molar-refractivity contribution in [2.24, 2.45) is 0 Å². The van der Waals surface area contributed by atoms with Gasteiger partial charge in [-0.05, 0) is 31.7 Å². The van der Waals surface area contributed by atoms with Crippen molar-refractivity contribution in [1.29, 1.82) is 0 Å². The summed E-state index contributed by atoms with van der Waals surface area (Å²) < 4.78 is 23.1. The second-order valence-corrected chi connectivity index (χ2v) is 8.45. The van der Waals surface area contributed by atoms with Gasteiger partial charge in [-0.1, -0.05) is 22.0 Å². The van der Waals surface area contributed by atoms with Crippen LogP contribution >= 0.6 is 27.7 Å². The Balaban J connectivity index is 2.67. The molecule has 1 rings (SSSR count). The third kappa shape index (κ3) is 5.30. The summed E-state index contributed by atoms with van der Waals surface area (Å²) in [6.45, 7) is 2.09. The van der Waals surface area contributed by atoms with Gasteiger partial charge in [0.25, 0.3) is 0 Å². The van der Waals surface area contributed by atoms with Crippen molar-refractivity contribution in [1.82, 2.24) is 5.32 Å². The molecule has 0 saturated carbocycles. The molecule has 0 spiro atoms. The molecule has 0 saturated heterocycles. The van der Waals surface area contributed by atoms with Gasteiger partial charge >= 0.3 is 0 Å². The van der Waals surface area contributed by atoms with Crippen LogP contribution < -0.4 is 5.32 Å². The van der Waals surface area contributed by atoms with Crippen LogP contribution in [0.2, 0.25) is 0 Å². The van der Waals surface area contributed by atoms with Crippen molar-refractivity contribution in [2.45, 2.75) is 17.9 Å². The minimum Gasteiger partial charge on any atom is -0.313 e. The minimum atomic E-state index is -2.87. The van der Waals surface area contributed by atoms with E-state index in [0.29, 0.717) is 5.75 Å². The molecule has 3 nitrogen and oxygen atoms in total.